The van der Waals surface area contributed by atoms with Crippen LogP contribution in [0, 0.1) is 5.82 Å². The molecule has 122 valence electrons. The number of nitrogens with zero attached hydrogens (tertiary/aromatic N) is 2. The molecule has 1 fully saturated rings. The molecule has 22 heavy (non-hydrogen) atoms. The zero-order chi connectivity index (χ0) is 16.1. The molecule has 0 aliphatic carbocycles. The predicted molar refractivity (Wildman–Crippen MR) is 86.4 cm³/mol. The Morgan fingerprint density at radius 1 is 1.27 bits per heavy atom. The Labute approximate surface area is 136 Å². The van der Waals surface area contributed by atoms with E-state index in [1.807, 2.05) is 13.8 Å². The number of nitrogens with one attached hydrogen (secondary N) is 1. The topological polar surface area (TPSA) is 35.6 Å². The SMILES string of the molecule is CC(C)NC(=O)CN1CCN(Cc2ccc(F)cc2Cl)CC1. The molecule has 4 nitrogen and oxygen atoms in total. The Morgan fingerprint density at radius 3 is 2.50 bits per heavy atom. The Kier molecular flexibility index (Phi) is 6.17. The Morgan fingerprint density at radius 2 is 1.91 bits per heavy atom. The number of hydrogen-bond donors (Lipinski definition) is 1. The van der Waals surface area contributed by atoms with E-state index < -0.39 is 0 Å². The van der Waals surface area contributed by atoms with Crippen LogP contribution in [0.4, 0.5) is 4.39 Å². The van der Waals surface area contributed by atoms with Crippen molar-refractivity contribution in [3.8, 4) is 0 Å². The number of halogens is 2. The molecule has 0 radical (unpaired) electrons. The van der Waals surface area contributed by atoms with Crippen LogP contribution in [-0.4, -0.2) is 54.5 Å². The average Bonchev–Trinajstić information content (AvgIpc) is 2.43. The number of benzene rings is 1. The third kappa shape index (κ3) is 5.23. The van der Waals surface area contributed by atoms with Crippen molar-refractivity contribution in [2.24, 2.45) is 0 Å². The summed E-state index contributed by atoms with van der Waals surface area (Å²) in [5.41, 5.74) is 0.939. The summed E-state index contributed by atoms with van der Waals surface area (Å²) in [4.78, 5) is 16.2. The van der Waals surface area contributed by atoms with Gasteiger partial charge in [-0.05, 0) is 31.5 Å². The minimum absolute atomic E-state index is 0.0741. The molecule has 0 unspecified atom stereocenters. The fourth-order valence-corrected chi connectivity index (χ4v) is 2.79. The molecule has 1 aliphatic heterocycles. The van der Waals surface area contributed by atoms with Gasteiger partial charge in [0.15, 0.2) is 0 Å². The first-order valence-corrected chi connectivity index (χ1v) is 8.00. The van der Waals surface area contributed by atoms with Crippen molar-refractivity contribution >= 4 is 17.5 Å². The van der Waals surface area contributed by atoms with E-state index in [4.69, 9.17) is 11.6 Å². The van der Waals surface area contributed by atoms with Gasteiger partial charge in [-0.3, -0.25) is 14.6 Å². The lowest BCUT2D eigenvalue weighted by Crippen LogP contribution is -2.49. The van der Waals surface area contributed by atoms with Gasteiger partial charge in [0.1, 0.15) is 5.82 Å². The monoisotopic (exact) mass is 327 g/mol. The molecule has 0 spiro atoms. The normalized spacial score (nSPS) is 17.0. The maximum Gasteiger partial charge on any atom is 0.234 e. The molecule has 6 heteroatoms. The van der Waals surface area contributed by atoms with Crippen LogP contribution in [0.2, 0.25) is 5.02 Å². The van der Waals surface area contributed by atoms with Crippen LogP contribution < -0.4 is 5.32 Å². The van der Waals surface area contributed by atoms with Gasteiger partial charge in [0, 0.05) is 43.8 Å². The highest BCUT2D eigenvalue weighted by Gasteiger charge is 2.19. The fraction of sp³-hybridized carbons (Fsp3) is 0.562. The molecule has 1 aromatic carbocycles. The molecule has 0 saturated carbocycles. The fourth-order valence-electron chi connectivity index (χ4n) is 2.57. The maximum absolute atomic E-state index is 13.0. The molecule has 1 amide bonds. The van der Waals surface area contributed by atoms with Crippen molar-refractivity contribution in [1.82, 2.24) is 15.1 Å². The lowest BCUT2D eigenvalue weighted by molar-refractivity contribution is -0.123. The van der Waals surface area contributed by atoms with Crippen molar-refractivity contribution < 1.29 is 9.18 Å². The molecule has 1 N–H and O–H groups in total. The zero-order valence-electron chi connectivity index (χ0n) is 13.1. The van der Waals surface area contributed by atoms with Crippen LogP contribution in [-0.2, 0) is 11.3 Å². The molecule has 1 heterocycles. The first-order chi connectivity index (χ1) is 10.4. The van der Waals surface area contributed by atoms with Gasteiger partial charge in [-0.1, -0.05) is 17.7 Å². The first kappa shape index (κ1) is 17.2. The maximum atomic E-state index is 13.0. The summed E-state index contributed by atoms with van der Waals surface area (Å²) < 4.78 is 13.0. The van der Waals surface area contributed by atoms with E-state index in [2.05, 4.69) is 15.1 Å². The van der Waals surface area contributed by atoms with Gasteiger partial charge < -0.3 is 5.32 Å². The van der Waals surface area contributed by atoms with E-state index in [1.165, 1.54) is 12.1 Å². The van der Waals surface area contributed by atoms with Crippen molar-refractivity contribution in [2.45, 2.75) is 26.4 Å². The predicted octanol–water partition coefficient (Wildman–Crippen LogP) is 2.12. The number of carbonyl (C=O) groups is 1. The second kappa shape index (κ2) is 7.90. The van der Waals surface area contributed by atoms with Gasteiger partial charge in [-0.2, -0.15) is 0 Å². The van der Waals surface area contributed by atoms with Gasteiger partial charge in [-0.15, -0.1) is 0 Å². The van der Waals surface area contributed by atoms with Gasteiger partial charge in [0.05, 0.1) is 6.54 Å². The van der Waals surface area contributed by atoms with Crippen LogP contribution >= 0.6 is 11.6 Å². The molecule has 0 aromatic heterocycles. The van der Waals surface area contributed by atoms with Gasteiger partial charge >= 0.3 is 0 Å². The molecular weight excluding hydrogens is 305 g/mol. The number of hydrogen-bond acceptors (Lipinski definition) is 3. The van der Waals surface area contributed by atoms with Crippen molar-refractivity contribution in [3.05, 3.63) is 34.6 Å². The van der Waals surface area contributed by atoms with Crippen molar-refractivity contribution in [3.63, 3.8) is 0 Å². The van der Waals surface area contributed by atoms with Crippen LogP contribution in [0.3, 0.4) is 0 Å². The average molecular weight is 328 g/mol. The quantitative estimate of drug-likeness (QED) is 0.900. The molecule has 0 atom stereocenters. The molecule has 1 aromatic rings. The summed E-state index contributed by atoms with van der Waals surface area (Å²) in [7, 11) is 0. The second-order valence-corrected chi connectivity index (χ2v) is 6.42. The highest BCUT2D eigenvalue weighted by Crippen LogP contribution is 2.19. The minimum Gasteiger partial charge on any atom is -0.353 e. The number of rotatable bonds is 5. The Hall–Kier alpha value is -1.17. The van der Waals surface area contributed by atoms with E-state index in [-0.39, 0.29) is 17.8 Å². The summed E-state index contributed by atoms with van der Waals surface area (Å²) in [6.07, 6.45) is 0. The largest absolute Gasteiger partial charge is 0.353 e. The summed E-state index contributed by atoms with van der Waals surface area (Å²) in [6, 6.07) is 4.70. The molecule has 2 rings (SSSR count). The third-order valence-electron chi connectivity index (χ3n) is 3.69. The first-order valence-electron chi connectivity index (χ1n) is 7.62. The van der Waals surface area contributed by atoms with Crippen LogP contribution in [0.5, 0.6) is 0 Å². The molecule has 1 aliphatic rings. The molecule has 0 bridgehead atoms. The van der Waals surface area contributed by atoms with Gasteiger partial charge in [-0.25, -0.2) is 4.39 Å². The van der Waals surface area contributed by atoms with Crippen LogP contribution in [0.25, 0.3) is 0 Å². The van der Waals surface area contributed by atoms with Crippen molar-refractivity contribution in [2.75, 3.05) is 32.7 Å². The summed E-state index contributed by atoms with van der Waals surface area (Å²) in [5, 5.41) is 3.38. The second-order valence-electron chi connectivity index (χ2n) is 6.01. The number of piperazine rings is 1. The smallest absolute Gasteiger partial charge is 0.234 e. The Bertz CT molecular complexity index is 516. The molecule has 1 saturated heterocycles. The standard InChI is InChI=1S/C16H23ClFN3O/c1-12(2)19-16(22)11-21-7-5-20(6-8-21)10-13-3-4-14(18)9-15(13)17/h3-4,9,12H,5-8,10-11H2,1-2H3,(H,19,22). The van der Waals surface area contributed by atoms with Crippen LogP contribution in [0.1, 0.15) is 19.4 Å². The zero-order valence-corrected chi connectivity index (χ0v) is 13.9. The minimum atomic E-state index is -0.310. The van der Waals surface area contributed by atoms with Crippen molar-refractivity contribution in [1.29, 1.82) is 0 Å². The van der Waals surface area contributed by atoms with E-state index in [0.29, 0.717) is 18.1 Å². The highest BCUT2D eigenvalue weighted by atomic mass is 35.5. The summed E-state index contributed by atoms with van der Waals surface area (Å²) in [5.74, 6) is -0.236. The van der Waals surface area contributed by atoms with E-state index in [0.717, 1.165) is 31.7 Å². The van der Waals surface area contributed by atoms with Crippen LogP contribution in [0.15, 0.2) is 18.2 Å². The van der Waals surface area contributed by atoms with Gasteiger partial charge in [0.25, 0.3) is 0 Å². The summed E-state index contributed by atoms with van der Waals surface area (Å²) >= 11 is 6.06. The molecular formula is C16H23ClFN3O. The highest BCUT2D eigenvalue weighted by molar-refractivity contribution is 6.31. The lowest BCUT2D eigenvalue weighted by Gasteiger charge is -2.34. The third-order valence-corrected chi connectivity index (χ3v) is 4.04. The van der Waals surface area contributed by atoms with E-state index in [1.54, 1.807) is 6.07 Å². The Balaban J connectivity index is 1.78. The van der Waals surface area contributed by atoms with E-state index in [9.17, 15) is 9.18 Å². The van der Waals surface area contributed by atoms with E-state index >= 15 is 0 Å². The number of amides is 1. The summed E-state index contributed by atoms with van der Waals surface area (Å²) in [6.45, 7) is 8.54. The number of carbonyl (C=O) groups excluding carboxylic acids is 1. The lowest BCUT2D eigenvalue weighted by atomic mass is 10.2. The van der Waals surface area contributed by atoms with Gasteiger partial charge in [0.2, 0.25) is 5.91 Å².